The quantitative estimate of drug-likeness (QED) is 0.529. The number of carbonyl (C=O) groups excluding carboxylic acids is 1. The van der Waals surface area contributed by atoms with Gasteiger partial charge in [0.15, 0.2) is 5.78 Å². The molecule has 6 rings (SSSR count). The van der Waals surface area contributed by atoms with Crippen molar-refractivity contribution in [2.45, 2.75) is 17.8 Å². The van der Waals surface area contributed by atoms with Crippen LogP contribution in [0.1, 0.15) is 39.4 Å². The summed E-state index contributed by atoms with van der Waals surface area (Å²) in [7, 11) is 0. The molecule has 2 unspecified atom stereocenters. The predicted molar refractivity (Wildman–Crippen MR) is 112 cm³/mol. The molecule has 1 heteroatoms. The fourth-order valence-corrected chi connectivity index (χ4v) is 6.30. The monoisotopic (exact) mass is 362 g/mol. The first-order valence-electron chi connectivity index (χ1n) is 10.2. The van der Waals surface area contributed by atoms with E-state index in [4.69, 9.17) is 0 Å². The van der Waals surface area contributed by atoms with E-state index in [2.05, 4.69) is 66.7 Å². The first-order valence-corrected chi connectivity index (χ1v) is 10.2. The van der Waals surface area contributed by atoms with Crippen molar-refractivity contribution < 1.29 is 4.79 Å². The molecular formula is C27H22O. The number of hydrogen-bond acceptors (Lipinski definition) is 1. The Bertz CT molecular complexity index is 1080. The number of allylic oxidation sites excluding steroid dienone is 1. The third-order valence-corrected chi connectivity index (χ3v) is 7.35. The fourth-order valence-electron chi connectivity index (χ4n) is 6.30. The second-order valence-electron chi connectivity index (χ2n) is 8.47. The molecular weight excluding hydrogens is 340 g/mol. The van der Waals surface area contributed by atoms with Gasteiger partial charge in [-0.25, -0.2) is 0 Å². The summed E-state index contributed by atoms with van der Waals surface area (Å²) in [4.78, 5) is 13.8. The van der Waals surface area contributed by atoms with Crippen molar-refractivity contribution in [2.24, 2.45) is 17.8 Å². The maximum atomic E-state index is 13.8. The Morgan fingerprint density at radius 3 is 2.32 bits per heavy atom. The summed E-state index contributed by atoms with van der Waals surface area (Å²) in [5.74, 6) is 2.27. The van der Waals surface area contributed by atoms with Crippen molar-refractivity contribution in [3.63, 3.8) is 0 Å². The molecule has 2 fully saturated rings. The van der Waals surface area contributed by atoms with E-state index in [1.165, 1.54) is 16.7 Å². The van der Waals surface area contributed by atoms with E-state index in [1.54, 1.807) is 0 Å². The lowest BCUT2D eigenvalue weighted by Crippen LogP contribution is -2.36. The van der Waals surface area contributed by atoms with Gasteiger partial charge in [-0.05, 0) is 46.8 Å². The highest BCUT2D eigenvalue weighted by atomic mass is 16.1. The molecule has 0 aromatic heterocycles. The van der Waals surface area contributed by atoms with Gasteiger partial charge in [0.05, 0.1) is 5.41 Å². The zero-order chi connectivity index (χ0) is 18.7. The van der Waals surface area contributed by atoms with Crippen LogP contribution in [-0.4, -0.2) is 5.78 Å². The van der Waals surface area contributed by atoms with Crippen molar-refractivity contribution in [1.29, 1.82) is 0 Å². The highest BCUT2D eigenvalue weighted by Crippen LogP contribution is 2.78. The Kier molecular flexibility index (Phi) is 3.32. The van der Waals surface area contributed by atoms with Crippen LogP contribution in [0.15, 0.2) is 91.0 Å². The Morgan fingerprint density at radius 1 is 0.857 bits per heavy atom. The van der Waals surface area contributed by atoms with Crippen molar-refractivity contribution in [2.75, 3.05) is 0 Å². The number of fused-ring (bicyclic) bond motifs is 5. The van der Waals surface area contributed by atoms with E-state index < -0.39 is 0 Å². The molecule has 3 aromatic carbocycles. The molecule has 0 heterocycles. The molecule has 136 valence electrons. The summed E-state index contributed by atoms with van der Waals surface area (Å²) < 4.78 is 0. The Hall–Kier alpha value is -2.93. The van der Waals surface area contributed by atoms with E-state index in [9.17, 15) is 4.79 Å². The molecule has 28 heavy (non-hydrogen) atoms. The van der Waals surface area contributed by atoms with Gasteiger partial charge in [-0.1, -0.05) is 97.1 Å². The average Bonchev–Trinajstić information content (AvgIpc) is 3.32. The summed E-state index contributed by atoms with van der Waals surface area (Å²) in [5, 5.41) is 0. The molecule has 0 N–H and O–H groups in total. The van der Waals surface area contributed by atoms with Crippen LogP contribution in [0.4, 0.5) is 0 Å². The van der Waals surface area contributed by atoms with Crippen LogP contribution in [0, 0.1) is 17.8 Å². The zero-order valence-electron chi connectivity index (χ0n) is 15.7. The molecule has 5 atom stereocenters. The molecule has 0 aliphatic heterocycles. The average molecular weight is 362 g/mol. The van der Waals surface area contributed by atoms with E-state index >= 15 is 0 Å². The maximum Gasteiger partial charge on any atom is 0.173 e. The van der Waals surface area contributed by atoms with Crippen molar-refractivity contribution in [3.05, 3.63) is 113 Å². The van der Waals surface area contributed by atoms with Gasteiger partial charge < -0.3 is 0 Å². The first-order chi connectivity index (χ1) is 13.8. The van der Waals surface area contributed by atoms with Gasteiger partial charge in [-0.15, -0.1) is 0 Å². The van der Waals surface area contributed by atoms with Gasteiger partial charge in [0.25, 0.3) is 0 Å². The van der Waals surface area contributed by atoms with Crippen LogP contribution < -0.4 is 0 Å². The van der Waals surface area contributed by atoms with E-state index in [0.717, 1.165) is 12.0 Å². The highest BCUT2D eigenvalue weighted by molar-refractivity contribution is 6.08. The number of ketones is 1. The molecule has 2 saturated carbocycles. The molecule has 3 aliphatic carbocycles. The fraction of sp³-hybridized carbons (Fsp3) is 0.222. The van der Waals surface area contributed by atoms with Crippen molar-refractivity contribution >= 4 is 11.9 Å². The molecule has 2 bridgehead atoms. The lowest BCUT2D eigenvalue weighted by molar-refractivity contribution is 0.0908. The molecule has 3 aromatic rings. The minimum atomic E-state index is -0.307. The minimum Gasteiger partial charge on any atom is -0.293 e. The number of rotatable bonds is 4. The van der Waals surface area contributed by atoms with Crippen LogP contribution in [0.3, 0.4) is 0 Å². The topological polar surface area (TPSA) is 17.1 Å². The van der Waals surface area contributed by atoms with Crippen LogP contribution in [0.25, 0.3) is 6.08 Å². The summed E-state index contributed by atoms with van der Waals surface area (Å²) in [6, 6.07) is 29.1. The lowest BCUT2D eigenvalue weighted by atomic mass is 9.65. The van der Waals surface area contributed by atoms with Crippen LogP contribution in [-0.2, 0) is 5.41 Å². The Labute approximate surface area is 165 Å². The van der Waals surface area contributed by atoms with E-state index in [0.29, 0.717) is 29.5 Å². The van der Waals surface area contributed by atoms with Gasteiger partial charge in [0.2, 0.25) is 0 Å². The van der Waals surface area contributed by atoms with Crippen molar-refractivity contribution in [1.82, 2.24) is 0 Å². The Morgan fingerprint density at radius 2 is 1.54 bits per heavy atom. The smallest absolute Gasteiger partial charge is 0.173 e. The Balaban J connectivity index is 1.45. The zero-order valence-corrected chi connectivity index (χ0v) is 15.7. The molecule has 3 aliphatic rings. The summed E-state index contributed by atoms with van der Waals surface area (Å²) >= 11 is 0. The normalized spacial score (nSPS) is 31.6. The SMILES string of the molecule is O=C(c1ccccc1)C12c3ccccc3[C@H]3C[C@@H]1C2[C@H]3/C=C/c1ccccc1. The highest BCUT2D eigenvalue weighted by Gasteiger charge is 2.78. The molecule has 0 saturated heterocycles. The molecule has 0 radical (unpaired) electrons. The standard InChI is InChI=1S/C27H22O/c28-26(19-11-5-2-6-12-19)27-23-14-8-7-13-20(23)22-17-24(27)25(27)21(22)16-15-18-9-3-1-4-10-18/h1-16,21-22,24-25H,17H2/b16-15+/t21-,22+,24+,25?,27?/m0/s1. The first kappa shape index (κ1) is 16.1. The number of hydrogen-bond donors (Lipinski definition) is 0. The van der Waals surface area contributed by atoms with E-state index in [-0.39, 0.29) is 5.41 Å². The third-order valence-electron chi connectivity index (χ3n) is 7.35. The van der Waals surface area contributed by atoms with Gasteiger partial charge in [-0.3, -0.25) is 4.79 Å². The van der Waals surface area contributed by atoms with Crippen LogP contribution >= 0.6 is 0 Å². The predicted octanol–water partition coefficient (Wildman–Crippen LogP) is 5.88. The summed E-state index contributed by atoms with van der Waals surface area (Å²) in [6.07, 6.45) is 5.79. The number of Topliss-reactive ketones (excluding diaryl/α,β-unsaturated/α-hetero) is 1. The van der Waals surface area contributed by atoms with Gasteiger partial charge in [0.1, 0.15) is 0 Å². The van der Waals surface area contributed by atoms with Gasteiger partial charge in [0, 0.05) is 5.56 Å². The minimum absolute atomic E-state index is 0.307. The summed E-state index contributed by atoms with van der Waals surface area (Å²) in [6.45, 7) is 0. The van der Waals surface area contributed by atoms with Gasteiger partial charge >= 0.3 is 0 Å². The molecule has 1 nitrogen and oxygen atoms in total. The largest absolute Gasteiger partial charge is 0.293 e. The maximum absolute atomic E-state index is 13.8. The summed E-state index contributed by atoms with van der Waals surface area (Å²) in [5.41, 5.74) is 4.49. The lowest BCUT2D eigenvalue weighted by Gasteiger charge is -2.37. The second-order valence-corrected chi connectivity index (χ2v) is 8.47. The molecule has 0 amide bonds. The number of benzene rings is 3. The van der Waals surface area contributed by atoms with Gasteiger partial charge in [-0.2, -0.15) is 0 Å². The number of carbonyl (C=O) groups is 1. The van der Waals surface area contributed by atoms with Crippen LogP contribution in [0.5, 0.6) is 0 Å². The van der Waals surface area contributed by atoms with E-state index in [1.807, 2.05) is 30.3 Å². The third kappa shape index (κ3) is 1.99. The molecule has 0 spiro atoms. The second kappa shape index (κ2) is 5.78. The van der Waals surface area contributed by atoms with Crippen LogP contribution in [0.2, 0.25) is 0 Å². The van der Waals surface area contributed by atoms with Crippen molar-refractivity contribution in [3.8, 4) is 0 Å².